The minimum absolute atomic E-state index is 0.150. The summed E-state index contributed by atoms with van der Waals surface area (Å²) in [4.78, 5) is 13.6. The van der Waals surface area contributed by atoms with Crippen molar-refractivity contribution < 1.29 is 9.53 Å². The van der Waals surface area contributed by atoms with Crippen LogP contribution in [0.5, 0.6) is 0 Å². The molecule has 98 valence electrons. The molecular weight excluding hydrogens is 254 g/mol. The highest BCUT2D eigenvalue weighted by atomic mass is 32.2. The van der Waals surface area contributed by atoms with Gasteiger partial charge >= 0.3 is 5.97 Å². The van der Waals surface area contributed by atoms with Crippen molar-refractivity contribution in [2.75, 3.05) is 25.4 Å². The Labute approximate surface area is 113 Å². The fourth-order valence-electron chi connectivity index (χ4n) is 1.66. The fraction of sp³-hybridized carbons (Fsp3) is 0.833. The second-order valence-corrected chi connectivity index (χ2v) is 5.79. The Kier molecular flexibility index (Phi) is 7.60. The van der Waals surface area contributed by atoms with Crippen LogP contribution in [0.4, 0.5) is 0 Å². The molecule has 1 heterocycles. The van der Waals surface area contributed by atoms with Gasteiger partial charge in [0.1, 0.15) is 4.32 Å². The van der Waals surface area contributed by atoms with Gasteiger partial charge < -0.3 is 9.64 Å². The SMILES string of the molecule is CCCCOC(=O)CSC(=S)N1CCCCC1. The highest BCUT2D eigenvalue weighted by Gasteiger charge is 2.15. The second-order valence-electron chi connectivity index (χ2n) is 4.18. The Balaban J connectivity index is 2.11. The predicted molar refractivity (Wildman–Crippen MR) is 76.3 cm³/mol. The fourth-order valence-corrected chi connectivity index (χ4v) is 2.71. The number of piperidine rings is 1. The summed E-state index contributed by atoms with van der Waals surface area (Å²) < 4.78 is 5.93. The zero-order valence-electron chi connectivity index (χ0n) is 10.4. The van der Waals surface area contributed by atoms with Crippen molar-refractivity contribution in [2.24, 2.45) is 0 Å². The van der Waals surface area contributed by atoms with Crippen LogP contribution in [0.2, 0.25) is 0 Å². The molecule has 0 saturated carbocycles. The number of rotatable bonds is 5. The molecular formula is C12H21NO2S2. The van der Waals surface area contributed by atoms with Crippen molar-refractivity contribution in [1.29, 1.82) is 0 Å². The van der Waals surface area contributed by atoms with Crippen molar-refractivity contribution in [3.8, 4) is 0 Å². The van der Waals surface area contributed by atoms with Crippen molar-refractivity contribution in [3.63, 3.8) is 0 Å². The van der Waals surface area contributed by atoms with E-state index in [9.17, 15) is 4.79 Å². The lowest BCUT2D eigenvalue weighted by Gasteiger charge is -2.28. The molecule has 0 aromatic heterocycles. The summed E-state index contributed by atoms with van der Waals surface area (Å²) in [6, 6.07) is 0. The van der Waals surface area contributed by atoms with E-state index in [4.69, 9.17) is 17.0 Å². The molecule has 1 rings (SSSR count). The Morgan fingerprint density at radius 3 is 2.71 bits per heavy atom. The first-order valence-corrected chi connectivity index (χ1v) is 7.70. The summed E-state index contributed by atoms with van der Waals surface area (Å²) in [5.74, 6) is 0.196. The van der Waals surface area contributed by atoms with Crippen LogP contribution < -0.4 is 0 Å². The van der Waals surface area contributed by atoms with Crippen LogP contribution in [0.3, 0.4) is 0 Å². The summed E-state index contributed by atoms with van der Waals surface area (Å²) in [5.41, 5.74) is 0. The number of likely N-dealkylation sites (tertiary alicyclic amines) is 1. The van der Waals surface area contributed by atoms with Crippen LogP contribution in [0, 0.1) is 0 Å². The molecule has 0 spiro atoms. The number of hydrogen-bond acceptors (Lipinski definition) is 4. The monoisotopic (exact) mass is 275 g/mol. The molecule has 1 aliphatic rings. The molecule has 0 bridgehead atoms. The van der Waals surface area contributed by atoms with Crippen molar-refractivity contribution in [3.05, 3.63) is 0 Å². The third kappa shape index (κ3) is 6.27. The van der Waals surface area contributed by atoms with Crippen molar-refractivity contribution in [2.45, 2.75) is 39.0 Å². The lowest BCUT2D eigenvalue weighted by atomic mass is 10.1. The molecule has 1 saturated heterocycles. The maximum atomic E-state index is 11.4. The smallest absolute Gasteiger partial charge is 0.316 e. The number of thiocarbonyl (C=S) groups is 1. The number of thioether (sulfide) groups is 1. The molecule has 0 N–H and O–H groups in total. The van der Waals surface area contributed by atoms with Crippen LogP contribution in [0.15, 0.2) is 0 Å². The molecule has 0 aromatic rings. The van der Waals surface area contributed by atoms with Crippen molar-refractivity contribution in [1.82, 2.24) is 4.90 Å². The van der Waals surface area contributed by atoms with E-state index in [-0.39, 0.29) is 5.97 Å². The van der Waals surface area contributed by atoms with Gasteiger partial charge in [0.05, 0.1) is 12.4 Å². The molecule has 17 heavy (non-hydrogen) atoms. The Bertz CT molecular complexity index is 253. The summed E-state index contributed by atoms with van der Waals surface area (Å²) in [7, 11) is 0. The summed E-state index contributed by atoms with van der Waals surface area (Å²) >= 11 is 6.74. The Morgan fingerprint density at radius 2 is 2.06 bits per heavy atom. The molecule has 5 heteroatoms. The number of carbonyl (C=O) groups is 1. The number of carbonyl (C=O) groups excluding carboxylic acids is 1. The summed E-state index contributed by atoms with van der Waals surface area (Å²) in [5, 5.41) is 0. The highest BCUT2D eigenvalue weighted by molar-refractivity contribution is 8.23. The minimum atomic E-state index is -0.150. The molecule has 1 aliphatic heterocycles. The van der Waals surface area contributed by atoms with Gasteiger partial charge in [-0.1, -0.05) is 37.3 Å². The Hall–Kier alpha value is -0.290. The number of ether oxygens (including phenoxy) is 1. The summed E-state index contributed by atoms with van der Waals surface area (Å²) in [6.45, 7) is 4.69. The first kappa shape index (κ1) is 14.8. The normalized spacial score (nSPS) is 15.7. The van der Waals surface area contributed by atoms with Gasteiger partial charge in [-0.3, -0.25) is 4.79 Å². The van der Waals surface area contributed by atoms with Gasteiger partial charge in [0.15, 0.2) is 0 Å². The minimum Gasteiger partial charge on any atom is -0.465 e. The zero-order valence-corrected chi connectivity index (χ0v) is 12.1. The molecule has 3 nitrogen and oxygen atoms in total. The van der Waals surface area contributed by atoms with E-state index < -0.39 is 0 Å². The van der Waals surface area contributed by atoms with Gasteiger partial charge in [-0.05, 0) is 25.7 Å². The lowest BCUT2D eigenvalue weighted by Crippen LogP contribution is -2.33. The average molecular weight is 275 g/mol. The van der Waals surface area contributed by atoms with E-state index >= 15 is 0 Å². The van der Waals surface area contributed by atoms with Gasteiger partial charge in [0.2, 0.25) is 0 Å². The second kappa shape index (κ2) is 8.75. The molecule has 0 aromatic carbocycles. The van der Waals surface area contributed by atoms with E-state index in [1.54, 1.807) is 0 Å². The quantitative estimate of drug-likeness (QED) is 0.437. The van der Waals surface area contributed by atoms with Crippen LogP contribution in [0.25, 0.3) is 0 Å². The molecule has 0 unspecified atom stereocenters. The van der Waals surface area contributed by atoms with E-state index in [2.05, 4.69) is 11.8 Å². The number of unbranched alkanes of at least 4 members (excludes halogenated alkanes) is 1. The third-order valence-corrected chi connectivity index (χ3v) is 4.19. The van der Waals surface area contributed by atoms with Crippen LogP contribution in [0.1, 0.15) is 39.0 Å². The van der Waals surface area contributed by atoms with Gasteiger partial charge in [0, 0.05) is 13.1 Å². The predicted octanol–water partition coefficient (Wildman–Crippen LogP) is 2.83. The lowest BCUT2D eigenvalue weighted by molar-refractivity contribution is -0.140. The molecule has 0 aliphatic carbocycles. The van der Waals surface area contributed by atoms with Gasteiger partial charge in [-0.25, -0.2) is 0 Å². The Morgan fingerprint density at radius 1 is 1.35 bits per heavy atom. The van der Waals surface area contributed by atoms with Gasteiger partial charge in [-0.2, -0.15) is 0 Å². The summed E-state index contributed by atoms with van der Waals surface area (Å²) in [6.07, 6.45) is 5.70. The number of hydrogen-bond donors (Lipinski definition) is 0. The van der Waals surface area contributed by atoms with E-state index in [0.717, 1.165) is 30.3 Å². The molecule has 0 radical (unpaired) electrons. The highest BCUT2D eigenvalue weighted by Crippen LogP contribution is 2.16. The first-order chi connectivity index (χ1) is 8.24. The van der Waals surface area contributed by atoms with E-state index in [1.165, 1.54) is 31.0 Å². The maximum Gasteiger partial charge on any atom is 0.316 e. The van der Waals surface area contributed by atoms with Crippen molar-refractivity contribution >= 4 is 34.3 Å². The topological polar surface area (TPSA) is 29.5 Å². The van der Waals surface area contributed by atoms with E-state index in [1.807, 2.05) is 0 Å². The molecule has 0 atom stereocenters. The van der Waals surface area contributed by atoms with Crippen LogP contribution in [-0.2, 0) is 9.53 Å². The number of nitrogens with zero attached hydrogens (tertiary/aromatic N) is 1. The first-order valence-electron chi connectivity index (χ1n) is 6.31. The average Bonchev–Trinajstić information content (AvgIpc) is 2.37. The van der Waals surface area contributed by atoms with Gasteiger partial charge in [0.25, 0.3) is 0 Å². The maximum absolute atomic E-state index is 11.4. The third-order valence-electron chi connectivity index (χ3n) is 2.69. The molecule has 1 fully saturated rings. The van der Waals surface area contributed by atoms with Crippen LogP contribution in [-0.4, -0.2) is 40.6 Å². The van der Waals surface area contributed by atoms with E-state index in [0.29, 0.717) is 12.4 Å². The number of esters is 1. The standard InChI is InChI=1S/C12H21NO2S2/c1-2-3-9-15-11(14)10-17-12(16)13-7-5-4-6-8-13/h2-10H2,1H3. The zero-order chi connectivity index (χ0) is 12.5. The van der Waals surface area contributed by atoms with Crippen LogP contribution >= 0.6 is 24.0 Å². The van der Waals surface area contributed by atoms with Gasteiger partial charge in [-0.15, -0.1) is 0 Å². The molecule has 0 amide bonds. The largest absolute Gasteiger partial charge is 0.465 e.